The van der Waals surface area contributed by atoms with Crippen LogP contribution in [0.5, 0.6) is 0 Å². The smallest absolute Gasteiger partial charge is 0.543 e. The van der Waals surface area contributed by atoms with Crippen LogP contribution in [-0.2, 0) is 31.7 Å². The summed E-state index contributed by atoms with van der Waals surface area (Å²) >= 11 is 5.12. The zero-order valence-electron chi connectivity index (χ0n) is 9.96. The van der Waals surface area contributed by atoms with E-state index >= 15 is 0 Å². The first-order valence-electron chi connectivity index (χ1n) is 3.51. The molecule has 0 aliphatic carbocycles. The Labute approximate surface area is 181 Å². The number of carbonyl (C=O) groups is 6. The number of hydrogen-bond donors (Lipinski definition) is 0. The Morgan fingerprint density at radius 1 is 0.478 bits per heavy atom. The van der Waals surface area contributed by atoms with Gasteiger partial charge in [-0.1, -0.05) is 0 Å². The van der Waals surface area contributed by atoms with Crippen molar-refractivity contribution in [2.45, 2.75) is 0 Å². The van der Waals surface area contributed by atoms with E-state index in [0.29, 0.717) is 0 Å². The van der Waals surface area contributed by atoms with Gasteiger partial charge in [0.2, 0.25) is 0 Å². The molecule has 13 nitrogen and oxygen atoms in total. The van der Waals surface area contributed by atoms with Crippen molar-refractivity contribution in [2.24, 2.45) is 0 Å². The number of carbonyl (C=O) groups excluding carboxylic acids is 6. The molecule has 0 aliphatic heterocycles. The Morgan fingerprint density at radius 2 is 0.522 bits per heavy atom. The van der Waals surface area contributed by atoms with Crippen LogP contribution in [0, 0.1) is 0 Å². The van der Waals surface area contributed by atoms with Gasteiger partial charge < -0.3 is 59.4 Å². The molecule has 0 heterocycles. The largest absolute Gasteiger partial charge is 3.00 e. The molecule has 4 radical (unpaired) electrons. The first kappa shape index (κ1) is 38.2. The Kier molecular flexibility index (Phi) is 43.9. The van der Waals surface area contributed by atoms with Gasteiger partial charge in [0, 0.05) is 0 Å². The van der Waals surface area contributed by atoms with Crippen molar-refractivity contribution in [3.05, 3.63) is 0 Å². The zero-order chi connectivity index (χ0) is 18.2. The molecular weight excluding hydrogens is 858 g/mol. The summed E-state index contributed by atoms with van der Waals surface area (Å²) in [7, 11) is 0. The molecule has 0 fully saturated rings. The van der Waals surface area contributed by atoms with E-state index < -0.39 is 35.8 Å². The van der Waals surface area contributed by atoms with Crippen molar-refractivity contribution in [3.63, 3.8) is 0 Å². The molecule has 0 saturated carbocycles. The summed E-state index contributed by atoms with van der Waals surface area (Å²) < 4.78 is 3.88. The molecule has 17 heteroatoms. The predicted octanol–water partition coefficient (Wildman–Crippen LogP) is -9.68. The summed E-state index contributed by atoms with van der Waals surface area (Å²) in [5.74, 6) is -13.1. The van der Waals surface area contributed by atoms with Gasteiger partial charge in [-0.15, -0.1) is 0 Å². The van der Waals surface area contributed by atoms with Crippen LogP contribution >= 0.6 is 32.5 Å². The molecule has 0 aromatic heterocycles. The fraction of sp³-hybridized carbons (Fsp3) is 0. The van der Waals surface area contributed by atoms with Crippen molar-refractivity contribution in [3.8, 4) is 0 Å². The third-order valence-corrected chi connectivity index (χ3v) is 0.500. The molecule has 0 rings (SSSR count). The van der Waals surface area contributed by atoms with Gasteiger partial charge in [0.05, 0.1) is 35.8 Å². The van der Waals surface area contributed by atoms with Gasteiger partial charge in [-0.05, 0) is 0 Å². The Balaban J connectivity index is -0.0000000417. The summed E-state index contributed by atoms with van der Waals surface area (Å²) in [6.45, 7) is 0. The van der Waals surface area contributed by atoms with E-state index in [0.717, 1.165) is 0 Å². The molecule has 0 N–H and O–H groups in total. The van der Waals surface area contributed by atoms with Crippen molar-refractivity contribution < 1.29 is 62.3 Å². The summed E-state index contributed by atoms with van der Waals surface area (Å²) in [5.41, 5.74) is 0. The topological polar surface area (TPSA) is 250 Å². The van der Waals surface area contributed by atoms with Crippen molar-refractivity contribution in [1.29, 1.82) is 0 Å². The van der Waals surface area contributed by atoms with Gasteiger partial charge in [-0.3, -0.25) is 0 Å². The normalized spacial score (nSPS) is 6.52. The maximum Gasteiger partial charge on any atom is 3.00 e. The van der Waals surface area contributed by atoms with Crippen LogP contribution in [0.3, 0.4) is 0 Å². The first-order valence-corrected chi connectivity index (χ1v) is 4.80. The second-order valence-electron chi connectivity index (χ2n) is 1.78. The molecule has 0 aromatic rings. The standard InChI is InChI=1S/3C2H2O4.2Bi.Br2O/c3*3-1(4)2(5)6;;;1-3-2/h3*(H,3,4)(H,5,6);;;/q;;;2*+3;/p-6. The van der Waals surface area contributed by atoms with Gasteiger partial charge in [0.1, 0.15) is 32.5 Å². The van der Waals surface area contributed by atoms with Crippen molar-refractivity contribution >= 4 is 121 Å². The molecule has 0 bridgehead atoms. The quantitative estimate of drug-likeness (QED) is 0.162. The SMILES string of the molecule is BrOBr.O=C([O-])C(=O)[O-].O=C([O-])C(=O)[O-].O=C([O-])C(=O)[O-].[Bi+3].[Bi+3]. The fourth-order valence-corrected chi connectivity index (χ4v) is 0. The Bertz CT molecular complexity index is 305. The molecular formula is C6Bi2Br2O13. The number of aliphatic carboxylic acids is 6. The zero-order valence-corrected chi connectivity index (χ0v) is 20.1. The van der Waals surface area contributed by atoms with Gasteiger partial charge in [-0.2, -0.15) is 0 Å². The predicted molar refractivity (Wildman–Crippen MR) is 60.5 cm³/mol. The van der Waals surface area contributed by atoms with E-state index in [1.165, 1.54) is 0 Å². The first-order chi connectivity index (χ1) is 9.34. The van der Waals surface area contributed by atoms with E-state index in [9.17, 15) is 0 Å². The number of carboxylic acid groups (broad SMARTS) is 6. The maximum absolute atomic E-state index is 8.93. The number of carboxylic acids is 6. The molecule has 0 spiro atoms. The maximum atomic E-state index is 8.93. The second kappa shape index (κ2) is 26.4. The third kappa shape index (κ3) is 61.8. The van der Waals surface area contributed by atoms with Crippen LogP contribution in [0.25, 0.3) is 0 Å². The molecule has 0 atom stereocenters. The average molecular weight is 858 g/mol. The van der Waals surface area contributed by atoms with Gasteiger partial charge >= 0.3 is 52.4 Å². The summed E-state index contributed by atoms with van der Waals surface area (Å²) in [5, 5.41) is 53.6. The van der Waals surface area contributed by atoms with Gasteiger partial charge in [0.15, 0.2) is 0 Å². The van der Waals surface area contributed by atoms with Crippen LogP contribution in [0.1, 0.15) is 0 Å². The summed E-state index contributed by atoms with van der Waals surface area (Å²) in [6.07, 6.45) is 0. The second-order valence-corrected chi connectivity index (χ2v) is 3.30. The molecule has 0 unspecified atom stereocenters. The van der Waals surface area contributed by atoms with Crippen LogP contribution < -0.4 is 30.6 Å². The van der Waals surface area contributed by atoms with Gasteiger partial charge in [0.25, 0.3) is 0 Å². The third-order valence-electron chi connectivity index (χ3n) is 0.500. The van der Waals surface area contributed by atoms with Gasteiger partial charge in [-0.25, -0.2) is 2.92 Å². The molecule has 0 aliphatic rings. The monoisotopic (exact) mass is 856 g/mol. The molecule has 0 amide bonds. The number of halogens is 2. The minimum absolute atomic E-state index is 0. The van der Waals surface area contributed by atoms with Crippen LogP contribution in [0.2, 0.25) is 0 Å². The van der Waals surface area contributed by atoms with Crippen LogP contribution in [0.4, 0.5) is 0 Å². The van der Waals surface area contributed by atoms with Crippen molar-refractivity contribution in [2.75, 3.05) is 0 Å². The van der Waals surface area contributed by atoms with E-state index in [1.807, 2.05) is 0 Å². The summed E-state index contributed by atoms with van der Waals surface area (Å²) in [6, 6.07) is 0. The summed E-state index contributed by atoms with van der Waals surface area (Å²) in [4.78, 5) is 53.6. The number of rotatable bonds is 0. The van der Waals surface area contributed by atoms with E-state index in [4.69, 9.17) is 59.4 Å². The van der Waals surface area contributed by atoms with E-state index in [-0.39, 0.29) is 52.4 Å². The molecule has 0 aromatic carbocycles. The van der Waals surface area contributed by atoms with Crippen LogP contribution in [0.15, 0.2) is 0 Å². The minimum atomic E-state index is -2.19. The molecule has 23 heavy (non-hydrogen) atoms. The van der Waals surface area contributed by atoms with E-state index in [1.54, 1.807) is 0 Å². The minimum Gasteiger partial charge on any atom is -0.543 e. The molecule has 126 valence electrons. The molecule has 0 saturated heterocycles. The average Bonchev–Trinajstić information content (AvgIpc) is 2.30. The van der Waals surface area contributed by atoms with Crippen molar-refractivity contribution in [1.82, 2.24) is 0 Å². The fourth-order valence-electron chi connectivity index (χ4n) is 0. The number of hydrogen-bond acceptors (Lipinski definition) is 13. The van der Waals surface area contributed by atoms with E-state index in [2.05, 4.69) is 35.4 Å². The Hall–Kier alpha value is -0.494. The van der Waals surface area contributed by atoms with Crippen LogP contribution in [-0.4, -0.2) is 88.2 Å². The Morgan fingerprint density at radius 3 is 0.522 bits per heavy atom.